The minimum Gasteiger partial charge on any atom is -0.354 e. The van der Waals surface area contributed by atoms with Crippen LogP contribution in [0.4, 0.5) is 5.95 Å². The second-order valence-electron chi connectivity index (χ2n) is 3.40. The number of anilines is 1. The van der Waals surface area contributed by atoms with Gasteiger partial charge in [-0.3, -0.25) is 0 Å². The van der Waals surface area contributed by atoms with Gasteiger partial charge in [-0.05, 0) is 15.9 Å². The maximum absolute atomic E-state index is 4.13. The normalized spacial score (nSPS) is 10.4. The van der Waals surface area contributed by atoms with E-state index in [1.54, 1.807) is 18.7 Å². The molecule has 16 heavy (non-hydrogen) atoms. The monoisotopic (exact) mass is 281 g/mol. The summed E-state index contributed by atoms with van der Waals surface area (Å²) in [6.45, 7) is 0.793. The van der Waals surface area contributed by atoms with Gasteiger partial charge >= 0.3 is 0 Å². The first-order valence-corrected chi connectivity index (χ1v) is 5.71. The second kappa shape index (κ2) is 5.07. The van der Waals surface area contributed by atoms with Crippen molar-refractivity contribution in [2.75, 3.05) is 11.9 Å². The number of hydrogen-bond acceptors (Lipinski definition) is 4. The maximum atomic E-state index is 4.13. The van der Waals surface area contributed by atoms with Crippen LogP contribution in [0.1, 0.15) is 5.69 Å². The van der Waals surface area contributed by atoms with Crippen molar-refractivity contribution in [3.8, 4) is 0 Å². The van der Waals surface area contributed by atoms with Crippen molar-refractivity contribution in [3.63, 3.8) is 0 Å². The Morgan fingerprint density at radius 3 is 2.69 bits per heavy atom. The van der Waals surface area contributed by atoms with E-state index in [0.29, 0.717) is 5.95 Å². The Labute approximate surface area is 102 Å². The molecule has 0 aliphatic rings. The van der Waals surface area contributed by atoms with Gasteiger partial charge in [-0.2, -0.15) is 0 Å². The van der Waals surface area contributed by atoms with E-state index in [0.717, 1.165) is 17.4 Å². The van der Waals surface area contributed by atoms with E-state index < -0.39 is 0 Å². The lowest BCUT2D eigenvalue weighted by Crippen LogP contribution is -2.09. The first-order chi connectivity index (χ1) is 7.75. The molecule has 0 fully saturated rings. The van der Waals surface area contributed by atoms with Crippen LogP contribution >= 0.6 is 15.9 Å². The number of aromatic nitrogens is 4. The van der Waals surface area contributed by atoms with E-state index in [4.69, 9.17) is 0 Å². The van der Waals surface area contributed by atoms with Gasteiger partial charge in [0.2, 0.25) is 5.95 Å². The van der Waals surface area contributed by atoms with Gasteiger partial charge in [0.05, 0.1) is 10.8 Å². The molecular formula is C10H12BrN5. The molecule has 2 heterocycles. The minimum atomic E-state index is 0.644. The first kappa shape index (κ1) is 11.1. The summed E-state index contributed by atoms with van der Waals surface area (Å²) in [6.07, 6.45) is 8.00. The van der Waals surface area contributed by atoms with Crippen molar-refractivity contribution in [3.05, 3.63) is 35.1 Å². The van der Waals surface area contributed by atoms with Crippen LogP contribution in [0.15, 0.2) is 29.4 Å². The summed E-state index contributed by atoms with van der Waals surface area (Å²) in [5.41, 5.74) is 1.18. The number of imidazole rings is 1. The molecule has 84 valence electrons. The van der Waals surface area contributed by atoms with Crippen molar-refractivity contribution in [2.24, 2.45) is 7.05 Å². The van der Waals surface area contributed by atoms with E-state index in [1.807, 2.05) is 17.8 Å². The zero-order valence-corrected chi connectivity index (χ0v) is 10.5. The minimum absolute atomic E-state index is 0.644. The number of nitrogens with one attached hydrogen (secondary N) is 1. The number of halogens is 1. The lowest BCUT2D eigenvalue weighted by atomic mass is 10.3. The largest absolute Gasteiger partial charge is 0.354 e. The zero-order chi connectivity index (χ0) is 11.4. The Hall–Kier alpha value is -1.43. The predicted octanol–water partition coefficient (Wildman–Crippen LogP) is 1.63. The summed E-state index contributed by atoms with van der Waals surface area (Å²) in [6, 6.07) is 0. The number of hydrogen-bond donors (Lipinski definition) is 1. The summed E-state index contributed by atoms with van der Waals surface area (Å²) >= 11 is 3.29. The Kier molecular flexibility index (Phi) is 3.51. The van der Waals surface area contributed by atoms with Crippen molar-refractivity contribution >= 4 is 21.9 Å². The molecule has 6 heteroatoms. The summed E-state index contributed by atoms with van der Waals surface area (Å²) < 4.78 is 2.88. The van der Waals surface area contributed by atoms with Crippen LogP contribution in [0, 0.1) is 0 Å². The molecule has 1 N–H and O–H groups in total. The standard InChI is InChI=1S/C10H12BrN5/c1-16-7-12-6-9(16)2-3-13-10-14-4-8(11)5-15-10/h4-7H,2-3H2,1H3,(H,13,14,15). The fraction of sp³-hybridized carbons (Fsp3) is 0.300. The molecule has 0 aliphatic carbocycles. The van der Waals surface area contributed by atoms with Gasteiger partial charge in [0.1, 0.15) is 0 Å². The molecule has 0 radical (unpaired) electrons. The van der Waals surface area contributed by atoms with Gasteiger partial charge in [-0.1, -0.05) is 0 Å². The average Bonchev–Trinajstić information content (AvgIpc) is 2.68. The molecule has 2 aromatic heterocycles. The molecule has 0 amide bonds. The number of aryl methyl sites for hydroxylation is 1. The topological polar surface area (TPSA) is 55.6 Å². The smallest absolute Gasteiger partial charge is 0.222 e. The van der Waals surface area contributed by atoms with Crippen LogP contribution in [0.2, 0.25) is 0 Å². The molecule has 0 atom stereocenters. The van der Waals surface area contributed by atoms with Crippen molar-refractivity contribution in [1.82, 2.24) is 19.5 Å². The van der Waals surface area contributed by atoms with Crippen molar-refractivity contribution in [1.29, 1.82) is 0 Å². The molecule has 0 aromatic carbocycles. The average molecular weight is 282 g/mol. The quantitative estimate of drug-likeness (QED) is 0.926. The van der Waals surface area contributed by atoms with Gasteiger partial charge in [0.15, 0.2) is 0 Å². The van der Waals surface area contributed by atoms with Crippen molar-refractivity contribution in [2.45, 2.75) is 6.42 Å². The highest BCUT2D eigenvalue weighted by Gasteiger charge is 1.99. The van der Waals surface area contributed by atoms with Gasteiger partial charge in [0.25, 0.3) is 0 Å². The highest BCUT2D eigenvalue weighted by molar-refractivity contribution is 9.10. The van der Waals surface area contributed by atoms with Gasteiger partial charge < -0.3 is 9.88 Å². The van der Waals surface area contributed by atoms with Crippen molar-refractivity contribution < 1.29 is 0 Å². The highest BCUT2D eigenvalue weighted by Crippen LogP contribution is 2.06. The molecule has 0 aliphatic heterocycles. The fourth-order valence-corrected chi connectivity index (χ4v) is 1.54. The fourth-order valence-electron chi connectivity index (χ4n) is 1.33. The summed E-state index contributed by atoms with van der Waals surface area (Å²) in [7, 11) is 1.98. The van der Waals surface area contributed by atoms with E-state index >= 15 is 0 Å². The van der Waals surface area contributed by atoms with E-state index in [2.05, 4.69) is 36.2 Å². The SMILES string of the molecule is Cn1cncc1CCNc1ncc(Br)cn1. The number of nitrogens with zero attached hydrogens (tertiary/aromatic N) is 4. The Morgan fingerprint density at radius 2 is 2.06 bits per heavy atom. The third kappa shape index (κ3) is 2.79. The van der Waals surface area contributed by atoms with Crippen LogP contribution in [0.3, 0.4) is 0 Å². The van der Waals surface area contributed by atoms with Crippen LogP contribution < -0.4 is 5.32 Å². The molecular weight excluding hydrogens is 270 g/mol. The van der Waals surface area contributed by atoms with Gasteiger partial charge in [0, 0.05) is 44.3 Å². The molecule has 0 saturated carbocycles. The molecule has 0 unspecified atom stereocenters. The van der Waals surface area contributed by atoms with Gasteiger partial charge in [-0.25, -0.2) is 15.0 Å². The van der Waals surface area contributed by atoms with Gasteiger partial charge in [-0.15, -0.1) is 0 Å². The molecule has 2 aromatic rings. The lowest BCUT2D eigenvalue weighted by Gasteiger charge is -2.04. The molecule has 5 nitrogen and oxygen atoms in total. The maximum Gasteiger partial charge on any atom is 0.222 e. The molecule has 0 bridgehead atoms. The predicted molar refractivity (Wildman–Crippen MR) is 65.1 cm³/mol. The summed E-state index contributed by atoms with van der Waals surface area (Å²) in [5.74, 6) is 0.644. The van der Waals surface area contributed by atoms with Crippen LogP contribution in [0.5, 0.6) is 0 Å². The van der Waals surface area contributed by atoms with Crippen LogP contribution in [-0.2, 0) is 13.5 Å². The lowest BCUT2D eigenvalue weighted by molar-refractivity contribution is 0.813. The first-order valence-electron chi connectivity index (χ1n) is 4.92. The number of rotatable bonds is 4. The van der Waals surface area contributed by atoms with Crippen LogP contribution in [-0.4, -0.2) is 26.1 Å². The summed E-state index contributed by atoms with van der Waals surface area (Å²) in [5, 5.41) is 3.15. The molecule has 2 rings (SSSR count). The highest BCUT2D eigenvalue weighted by atomic mass is 79.9. The van der Waals surface area contributed by atoms with E-state index in [1.165, 1.54) is 5.69 Å². The Bertz CT molecular complexity index is 450. The third-order valence-electron chi connectivity index (χ3n) is 2.20. The molecule has 0 saturated heterocycles. The molecule has 0 spiro atoms. The van der Waals surface area contributed by atoms with Crippen LogP contribution in [0.25, 0.3) is 0 Å². The third-order valence-corrected chi connectivity index (χ3v) is 2.61. The Morgan fingerprint density at radius 1 is 1.31 bits per heavy atom. The van der Waals surface area contributed by atoms with E-state index in [-0.39, 0.29) is 0 Å². The second-order valence-corrected chi connectivity index (χ2v) is 4.31. The Balaban J connectivity index is 1.84. The van der Waals surface area contributed by atoms with E-state index in [9.17, 15) is 0 Å². The zero-order valence-electron chi connectivity index (χ0n) is 8.89. The summed E-state index contributed by atoms with van der Waals surface area (Å²) in [4.78, 5) is 12.3.